The summed E-state index contributed by atoms with van der Waals surface area (Å²) in [5.74, 6) is -3.74. The van der Waals surface area contributed by atoms with E-state index in [-0.39, 0.29) is 0 Å². The molecule has 0 saturated carbocycles. The number of hydrogen-bond acceptors (Lipinski definition) is 1. The molecule has 0 radical (unpaired) electrons. The van der Waals surface area contributed by atoms with Gasteiger partial charge in [0.1, 0.15) is 0 Å². The molecular formula is C15H12F3N. The third-order valence-corrected chi connectivity index (χ3v) is 3.39. The van der Waals surface area contributed by atoms with Crippen molar-refractivity contribution in [1.82, 2.24) is 0 Å². The van der Waals surface area contributed by atoms with Gasteiger partial charge in [0, 0.05) is 12.2 Å². The van der Waals surface area contributed by atoms with Gasteiger partial charge in [-0.25, -0.2) is 13.2 Å². The fourth-order valence-corrected chi connectivity index (χ4v) is 2.49. The van der Waals surface area contributed by atoms with E-state index in [1.807, 2.05) is 12.1 Å². The van der Waals surface area contributed by atoms with Crippen molar-refractivity contribution in [1.29, 1.82) is 0 Å². The van der Waals surface area contributed by atoms with Gasteiger partial charge in [-0.15, -0.1) is 0 Å². The first-order valence-electron chi connectivity index (χ1n) is 6.17. The minimum Gasteiger partial charge on any atom is -0.385 e. The molecule has 0 spiro atoms. The number of benzene rings is 2. The lowest BCUT2D eigenvalue weighted by Gasteiger charge is -2.21. The maximum atomic E-state index is 13.3. The Bertz CT molecular complexity index is 614. The van der Waals surface area contributed by atoms with Crippen LogP contribution in [0.2, 0.25) is 0 Å². The second-order valence-corrected chi connectivity index (χ2v) is 4.62. The largest absolute Gasteiger partial charge is 0.385 e. The first-order valence-corrected chi connectivity index (χ1v) is 6.17. The lowest BCUT2D eigenvalue weighted by Crippen LogP contribution is -2.12. The maximum Gasteiger partial charge on any atom is 0.194 e. The molecule has 2 aromatic carbocycles. The molecule has 0 saturated heterocycles. The molecule has 0 fully saturated rings. The molecular weight excluding hydrogens is 251 g/mol. The van der Waals surface area contributed by atoms with Crippen molar-refractivity contribution in [2.75, 3.05) is 11.9 Å². The Balaban J connectivity index is 2.17. The first-order chi connectivity index (χ1) is 9.16. The molecule has 1 aliphatic rings. The molecule has 0 unspecified atom stereocenters. The number of anilines is 1. The van der Waals surface area contributed by atoms with Gasteiger partial charge in [-0.2, -0.15) is 0 Å². The summed E-state index contributed by atoms with van der Waals surface area (Å²) in [5, 5.41) is 3.25. The summed E-state index contributed by atoms with van der Waals surface area (Å²) in [4.78, 5) is 0. The van der Waals surface area contributed by atoms with Gasteiger partial charge in [0.15, 0.2) is 17.5 Å². The summed E-state index contributed by atoms with van der Waals surface area (Å²) in [5.41, 5.74) is 3.13. The average Bonchev–Trinajstić information content (AvgIpc) is 2.43. The lowest BCUT2D eigenvalue weighted by molar-refractivity contribution is 0.447. The highest BCUT2D eigenvalue weighted by Crippen LogP contribution is 2.33. The van der Waals surface area contributed by atoms with Crippen LogP contribution in [0.25, 0.3) is 11.1 Å². The van der Waals surface area contributed by atoms with Crippen LogP contribution in [-0.4, -0.2) is 6.54 Å². The van der Waals surface area contributed by atoms with Gasteiger partial charge < -0.3 is 5.32 Å². The van der Waals surface area contributed by atoms with Gasteiger partial charge in [0.05, 0.1) is 0 Å². The molecule has 0 amide bonds. The fraction of sp³-hybridized carbons (Fsp3) is 0.200. The van der Waals surface area contributed by atoms with E-state index in [2.05, 4.69) is 5.32 Å². The van der Waals surface area contributed by atoms with Gasteiger partial charge >= 0.3 is 0 Å². The number of rotatable bonds is 1. The van der Waals surface area contributed by atoms with E-state index >= 15 is 0 Å². The topological polar surface area (TPSA) is 12.0 Å². The molecule has 1 heterocycles. The zero-order chi connectivity index (χ0) is 13.4. The van der Waals surface area contributed by atoms with E-state index in [9.17, 15) is 13.2 Å². The summed E-state index contributed by atoms with van der Waals surface area (Å²) in [6.07, 6.45) is 1.81. The first kappa shape index (κ1) is 12.1. The molecule has 0 aromatic heterocycles. The molecule has 1 N–H and O–H groups in total. The zero-order valence-electron chi connectivity index (χ0n) is 10.1. The minimum atomic E-state index is -1.42. The third-order valence-electron chi connectivity index (χ3n) is 3.39. The Morgan fingerprint density at radius 1 is 1.00 bits per heavy atom. The van der Waals surface area contributed by atoms with Crippen molar-refractivity contribution in [2.24, 2.45) is 0 Å². The maximum absolute atomic E-state index is 13.3. The molecule has 98 valence electrons. The number of halogens is 3. The average molecular weight is 263 g/mol. The summed E-state index contributed by atoms with van der Waals surface area (Å²) < 4.78 is 39.7. The molecule has 4 heteroatoms. The smallest absolute Gasteiger partial charge is 0.194 e. The quantitative estimate of drug-likeness (QED) is 0.763. The molecule has 1 aliphatic heterocycles. The van der Waals surface area contributed by atoms with E-state index in [0.717, 1.165) is 48.3 Å². The summed E-state index contributed by atoms with van der Waals surface area (Å²) in [6, 6.07) is 7.66. The number of fused-ring (bicyclic) bond motifs is 1. The molecule has 0 aliphatic carbocycles. The molecule has 2 aromatic rings. The van der Waals surface area contributed by atoms with Crippen LogP contribution in [0.4, 0.5) is 18.9 Å². The number of hydrogen-bond donors (Lipinski definition) is 1. The molecule has 3 rings (SSSR count). The van der Waals surface area contributed by atoms with Gasteiger partial charge in [-0.3, -0.25) is 0 Å². The van der Waals surface area contributed by atoms with Crippen LogP contribution >= 0.6 is 0 Å². The Morgan fingerprint density at radius 2 is 1.74 bits per heavy atom. The van der Waals surface area contributed by atoms with Crippen LogP contribution < -0.4 is 5.32 Å². The van der Waals surface area contributed by atoms with E-state index in [1.54, 1.807) is 6.07 Å². The van der Waals surface area contributed by atoms with Gasteiger partial charge in [-0.05, 0) is 47.7 Å². The summed E-state index contributed by atoms with van der Waals surface area (Å²) >= 11 is 0. The zero-order valence-corrected chi connectivity index (χ0v) is 10.1. The van der Waals surface area contributed by atoms with Crippen LogP contribution in [0.5, 0.6) is 0 Å². The molecule has 0 bridgehead atoms. The van der Waals surface area contributed by atoms with Crippen LogP contribution in [0, 0.1) is 17.5 Å². The van der Waals surface area contributed by atoms with Crippen molar-refractivity contribution in [2.45, 2.75) is 12.8 Å². The number of nitrogens with one attached hydrogen (secondary N) is 1. The second-order valence-electron chi connectivity index (χ2n) is 4.62. The lowest BCUT2D eigenvalue weighted by atomic mass is 9.93. The SMILES string of the molecule is Fc1cc(-c2cccc3c2CCCN3)cc(F)c1F. The normalized spacial score (nSPS) is 13.8. The van der Waals surface area contributed by atoms with Gasteiger partial charge in [-0.1, -0.05) is 12.1 Å². The van der Waals surface area contributed by atoms with Crippen molar-refractivity contribution in [3.63, 3.8) is 0 Å². The van der Waals surface area contributed by atoms with Crippen LogP contribution in [0.1, 0.15) is 12.0 Å². The van der Waals surface area contributed by atoms with Crippen molar-refractivity contribution in [3.8, 4) is 11.1 Å². The van der Waals surface area contributed by atoms with E-state index in [4.69, 9.17) is 0 Å². The highest BCUT2D eigenvalue weighted by atomic mass is 19.2. The Morgan fingerprint density at radius 3 is 2.47 bits per heavy atom. The van der Waals surface area contributed by atoms with Crippen molar-refractivity contribution >= 4 is 5.69 Å². The Labute approximate surface area is 109 Å². The predicted octanol–water partition coefficient (Wildman–Crippen LogP) is 4.13. The molecule has 0 atom stereocenters. The minimum absolute atomic E-state index is 0.372. The molecule has 1 nitrogen and oxygen atoms in total. The van der Waals surface area contributed by atoms with E-state index in [0.29, 0.717) is 5.56 Å². The standard InChI is InChI=1S/C15H12F3N/c16-12-7-9(8-13(17)15(12)18)10-3-1-5-14-11(10)4-2-6-19-14/h1,3,5,7-8,19H,2,4,6H2. The van der Waals surface area contributed by atoms with Crippen LogP contribution in [0.3, 0.4) is 0 Å². The summed E-state index contributed by atoms with van der Waals surface area (Å²) in [7, 11) is 0. The predicted molar refractivity (Wildman–Crippen MR) is 68.6 cm³/mol. The Hall–Kier alpha value is -1.97. The van der Waals surface area contributed by atoms with Crippen LogP contribution in [0.15, 0.2) is 30.3 Å². The van der Waals surface area contributed by atoms with Crippen molar-refractivity contribution in [3.05, 3.63) is 53.3 Å². The van der Waals surface area contributed by atoms with E-state index < -0.39 is 17.5 Å². The Kier molecular flexibility index (Phi) is 2.93. The third kappa shape index (κ3) is 2.07. The monoisotopic (exact) mass is 263 g/mol. The fourth-order valence-electron chi connectivity index (χ4n) is 2.49. The second kappa shape index (κ2) is 4.61. The van der Waals surface area contributed by atoms with Gasteiger partial charge in [0.25, 0.3) is 0 Å². The van der Waals surface area contributed by atoms with Gasteiger partial charge in [0.2, 0.25) is 0 Å². The highest BCUT2D eigenvalue weighted by Gasteiger charge is 2.17. The van der Waals surface area contributed by atoms with Crippen molar-refractivity contribution < 1.29 is 13.2 Å². The van der Waals surface area contributed by atoms with Crippen LogP contribution in [-0.2, 0) is 6.42 Å². The highest BCUT2D eigenvalue weighted by molar-refractivity contribution is 5.74. The van der Waals surface area contributed by atoms with E-state index in [1.165, 1.54) is 0 Å². The summed E-state index contributed by atoms with van der Waals surface area (Å²) in [6.45, 7) is 0.891. The molecule has 19 heavy (non-hydrogen) atoms.